The molecule has 0 saturated carbocycles. The Balaban J connectivity index is 0.000000131. The van der Waals surface area contributed by atoms with Crippen LogP contribution in [0.5, 0.6) is 0 Å². The molecule has 14 heterocycles. The average Bonchev–Trinajstić information content (AvgIpc) is 0.817. The van der Waals surface area contributed by atoms with Crippen LogP contribution >= 0.6 is 0 Å². The van der Waals surface area contributed by atoms with Gasteiger partial charge in [-0.15, -0.1) is 0 Å². The van der Waals surface area contributed by atoms with Crippen LogP contribution in [-0.4, -0.2) is 34.9 Å². The molecule has 0 radical (unpaired) electrons. The van der Waals surface area contributed by atoms with Crippen molar-refractivity contribution < 1.29 is 32.0 Å². The van der Waals surface area contributed by atoms with Gasteiger partial charge in [-0.1, -0.05) is 224 Å². The molecule has 14 heteroatoms. The van der Waals surface area contributed by atoms with E-state index in [1.807, 2.05) is 31.0 Å². The van der Waals surface area contributed by atoms with Gasteiger partial charge in [-0.3, -0.25) is 34.9 Å². The summed E-state index contributed by atoms with van der Waals surface area (Å²) in [7, 11) is 14.7. The Bertz CT molecular complexity index is 8000. The topological polar surface area (TPSA) is 117 Å². The van der Waals surface area contributed by atoms with Crippen LogP contribution in [0.3, 0.4) is 0 Å². The summed E-state index contributed by atoms with van der Waals surface area (Å²) in [4.78, 5) is 32.9. The lowest BCUT2D eigenvalue weighted by molar-refractivity contribution is -0.659. The summed E-state index contributed by atoms with van der Waals surface area (Å²) in [5, 5.41) is 12.3. The van der Waals surface area contributed by atoms with Crippen molar-refractivity contribution in [3.05, 3.63) is 420 Å². The summed E-state index contributed by atoms with van der Waals surface area (Å²) in [6.07, 6.45) is 27.9. The van der Waals surface area contributed by atoms with Gasteiger partial charge in [0.2, 0.25) is 39.9 Å². The van der Waals surface area contributed by atoms with Crippen LogP contribution in [0.2, 0.25) is 0 Å². The molecular weight excluding hydrogens is 1830 g/mol. The first kappa shape index (κ1) is 109. The predicted octanol–water partition coefficient (Wildman–Crippen LogP) is 29.3. The Hall–Kier alpha value is -15.5. The molecule has 0 unspecified atom stereocenters. The number of nitrogens with zero attached hydrogens (tertiary/aromatic N) is 14. The second kappa shape index (κ2) is 49.1. The molecule has 0 atom stereocenters. The molecule has 7 aromatic carbocycles. The fourth-order valence-electron chi connectivity index (χ4n) is 20.1. The fraction of sp³-hybridized carbons (Fsp3) is 0.279. The first-order valence-electron chi connectivity index (χ1n) is 53.4. The zero-order valence-electron chi connectivity index (χ0n) is 93.8. The van der Waals surface area contributed by atoms with Crippen LogP contribution in [0.4, 0.5) is 0 Å². The van der Waals surface area contributed by atoms with Gasteiger partial charge in [-0.05, 0) is 262 Å². The minimum Gasteiger partial charge on any atom is -0.261 e. The third-order valence-electron chi connectivity index (χ3n) is 28.4. The highest BCUT2D eigenvalue weighted by Crippen LogP contribution is 2.38. The Morgan fingerprint density at radius 1 is 0.207 bits per heavy atom. The summed E-state index contributed by atoms with van der Waals surface area (Å²) >= 11 is 0. The van der Waals surface area contributed by atoms with Gasteiger partial charge in [0.25, 0.3) is 0 Å². The number of aryl methyl sites for hydroxylation is 14. The summed E-state index contributed by atoms with van der Waals surface area (Å²) in [5.41, 5.74) is 39.3. The monoisotopic (exact) mass is 1980 g/mol. The third-order valence-corrected chi connectivity index (χ3v) is 28.4. The van der Waals surface area contributed by atoms with Crippen LogP contribution in [0.25, 0.3) is 155 Å². The SMILES string of the molecule is Cc1ccccc1-c1c2cc(C(C)C)cnc2cc[n+]1C.Cc1ccccc1-c1c2cc(C(C)C)ncc2cc[n+]1C.Cc1ccccc1-c1c2cc(CC(C)C)cnc2cc[n+]1C.Cc1ccccc1-c1c2cc(CC(C)C)ncc2cc[n+]1C.Cc1ccccc1-c1c2ccc(C(C)C)nc2cc[n+]1C.Cc1ccccc1-c1c2ccc(CC(C)C)nc2cc[n+]1C.Cc1ccccc1-c1c2cnc(C(C)C)cc2cc[n+]1C. The van der Waals surface area contributed by atoms with Crippen molar-refractivity contribution >= 4 is 75.9 Å². The minimum atomic E-state index is 0.435. The van der Waals surface area contributed by atoms with Crippen LogP contribution in [0.15, 0.2) is 341 Å². The summed E-state index contributed by atoms with van der Waals surface area (Å²) < 4.78 is 15.4. The van der Waals surface area contributed by atoms with Gasteiger partial charge in [0.15, 0.2) is 43.4 Å². The molecule has 0 aliphatic carbocycles. The van der Waals surface area contributed by atoms with E-state index in [9.17, 15) is 0 Å². The van der Waals surface area contributed by atoms with Crippen molar-refractivity contribution in [2.45, 2.75) is 188 Å². The Morgan fingerprint density at radius 2 is 0.513 bits per heavy atom. The van der Waals surface area contributed by atoms with Gasteiger partial charge in [0.05, 0.1) is 59.8 Å². The van der Waals surface area contributed by atoms with E-state index in [1.54, 1.807) is 0 Å². The summed E-state index contributed by atoms with van der Waals surface area (Å²) in [6.45, 7) is 46.1. The van der Waals surface area contributed by atoms with E-state index in [2.05, 4.69) is 562 Å². The number of pyridine rings is 14. The van der Waals surface area contributed by atoms with E-state index in [0.29, 0.717) is 41.4 Å². The van der Waals surface area contributed by atoms with Gasteiger partial charge in [-0.2, -0.15) is 0 Å². The molecule has 0 saturated heterocycles. The summed E-state index contributed by atoms with van der Waals surface area (Å²) in [5.74, 6) is 3.70. The number of hydrogen-bond donors (Lipinski definition) is 0. The molecule has 21 rings (SSSR count). The van der Waals surface area contributed by atoms with Crippen molar-refractivity contribution in [1.29, 1.82) is 0 Å². The van der Waals surface area contributed by atoms with Gasteiger partial charge >= 0.3 is 0 Å². The molecule has 21 aromatic rings. The Morgan fingerprint density at radius 3 is 0.900 bits per heavy atom. The molecular formula is C136H153N14+7. The standard InChI is InChI=1S/3C20H23N2.4C19H21N2/c1-14(2)11-16-12-18-19(21-13-16)9-10-22(4)20(18)17-8-6-5-7-15(17)3;1-14(2)11-17-12-19-16(13-21-17)9-10-22(4)20(19)18-8-6-5-7-15(18)3;1-14(2)13-16-9-10-18-19(21-16)11-12-22(4)20(18)17-8-6-5-7-15(17)3;1-13(2)15-11-17-18(20-12-15)9-10-21(4)19(17)16-8-6-5-7-14(16)3;1-13(2)18-11-17-15(12-20-18)9-10-21(4)19(17)16-8-6-5-7-14(16)3;1-13(2)18-11-15-9-10-21(4)19(17(15)12-20-18)16-8-6-5-7-14(16)3;1-13(2)17-10-9-16-18(20-17)11-12-21(4)19(16)15-8-6-5-7-14(15)3/h2*5-10,12-14H,11H2,1-4H3;5-12,14H,13H2,1-4H3;4*5-13H,1-4H3/q7*+1. The zero-order valence-corrected chi connectivity index (χ0v) is 93.8. The van der Waals surface area contributed by atoms with E-state index in [-0.39, 0.29) is 0 Å². The maximum Gasteiger partial charge on any atom is 0.222 e. The first-order valence-corrected chi connectivity index (χ1v) is 53.4. The molecule has 0 amide bonds. The minimum absolute atomic E-state index is 0.435. The smallest absolute Gasteiger partial charge is 0.222 e. The highest BCUT2D eigenvalue weighted by atomic mass is 15.0. The quantitative estimate of drug-likeness (QED) is 0.0833. The van der Waals surface area contributed by atoms with E-state index in [4.69, 9.17) is 9.97 Å². The lowest BCUT2D eigenvalue weighted by Gasteiger charge is -2.10. The van der Waals surface area contributed by atoms with Crippen LogP contribution in [0.1, 0.15) is 199 Å². The zero-order chi connectivity index (χ0) is 107. The van der Waals surface area contributed by atoms with Crippen LogP contribution in [0, 0.1) is 66.2 Å². The number of rotatable bonds is 17. The molecule has 0 aliphatic rings. The molecule has 0 bridgehead atoms. The van der Waals surface area contributed by atoms with Crippen molar-refractivity contribution in [2.24, 2.45) is 67.1 Å². The summed E-state index contributed by atoms with van der Waals surface area (Å²) in [6, 6.07) is 94.7. The molecule has 760 valence electrons. The van der Waals surface area contributed by atoms with Gasteiger partial charge < -0.3 is 0 Å². The molecule has 0 fully saturated rings. The molecule has 0 aliphatic heterocycles. The number of hydrogen-bond acceptors (Lipinski definition) is 7. The number of benzene rings is 7. The fourth-order valence-corrected chi connectivity index (χ4v) is 20.1. The van der Waals surface area contributed by atoms with Gasteiger partial charge in [0, 0.05) is 152 Å². The van der Waals surface area contributed by atoms with E-state index >= 15 is 0 Å². The van der Waals surface area contributed by atoms with E-state index in [0.717, 1.165) is 58.4 Å². The number of aromatic nitrogens is 14. The third kappa shape index (κ3) is 25.5. The second-order valence-corrected chi connectivity index (χ2v) is 43.1. The van der Waals surface area contributed by atoms with Gasteiger partial charge in [-0.25, -0.2) is 32.0 Å². The van der Waals surface area contributed by atoms with Crippen molar-refractivity contribution in [1.82, 2.24) is 34.9 Å². The van der Waals surface area contributed by atoms with Crippen LogP contribution in [-0.2, 0) is 68.6 Å². The highest BCUT2D eigenvalue weighted by molar-refractivity contribution is 5.98. The highest BCUT2D eigenvalue weighted by Gasteiger charge is 2.27. The largest absolute Gasteiger partial charge is 0.261 e. The lowest BCUT2D eigenvalue weighted by atomic mass is 9.98. The lowest BCUT2D eigenvalue weighted by Crippen LogP contribution is -2.30. The van der Waals surface area contributed by atoms with Gasteiger partial charge in [0.1, 0.15) is 49.3 Å². The number of fused-ring (bicyclic) bond motifs is 7. The van der Waals surface area contributed by atoms with Crippen LogP contribution < -0.4 is 32.0 Å². The van der Waals surface area contributed by atoms with E-state index < -0.39 is 0 Å². The molecule has 14 aromatic heterocycles. The second-order valence-electron chi connectivity index (χ2n) is 43.1. The van der Waals surface area contributed by atoms with Crippen molar-refractivity contribution in [3.63, 3.8) is 0 Å². The van der Waals surface area contributed by atoms with Crippen molar-refractivity contribution in [3.8, 4) is 78.8 Å². The Kier molecular flexibility index (Phi) is 35.5. The Labute approximate surface area is 890 Å². The first-order chi connectivity index (χ1) is 72.0. The molecule has 0 N–H and O–H groups in total. The predicted molar refractivity (Wildman–Crippen MR) is 624 cm³/mol. The maximum atomic E-state index is 4.86. The molecule has 14 nitrogen and oxygen atoms in total. The average molecular weight is 1980 g/mol. The van der Waals surface area contributed by atoms with E-state index in [1.165, 1.54) is 194 Å². The molecule has 150 heavy (non-hydrogen) atoms. The van der Waals surface area contributed by atoms with Crippen molar-refractivity contribution in [2.75, 3.05) is 0 Å². The molecule has 0 spiro atoms. The maximum absolute atomic E-state index is 4.86. The normalized spacial score (nSPS) is 11.3.